The van der Waals surface area contributed by atoms with Crippen LogP contribution in [-0.4, -0.2) is 23.3 Å². The van der Waals surface area contributed by atoms with Crippen molar-refractivity contribution in [1.82, 2.24) is 9.97 Å². The molecule has 2 rings (SSSR count). The molecule has 0 unspecified atom stereocenters. The van der Waals surface area contributed by atoms with Crippen molar-refractivity contribution in [2.45, 2.75) is 0 Å². The first-order chi connectivity index (χ1) is 8.71. The van der Waals surface area contributed by atoms with Gasteiger partial charge in [0.2, 0.25) is 5.95 Å². The Labute approximate surface area is 104 Å². The van der Waals surface area contributed by atoms with Crippen molar-refractivity contribution in [3.05, 3.63) is 30.1 Å². The van der Waals surface area contributed by atoms with Crippen LogP contribution in [0.3, 0.4) is 0 Å². The molecule has 0 radical (unpaired) electrons. The molecule has 0 saturated heterocycles. The molecular formula is C12H13N5O. The van der Waals surface area contributed by atoms with E-state index in [4.69, 9.17) is 21.6 Å². The predicted octanol–water partition coefficient (Wildman–Crippen LogP) is 1.17. The highest BCUT2D eigenvalue weighted by molar-refractivity contribution is 6.12. The maximum absolute atomic E-state index is 7.34. The number of nitrogen functional groups attached to an aromatic ring is 1. The summed E-state index contributed by atoms with van der Waals surface area (Å²) in [5.41, 5.74) is 12.8. The van der Waals surface area contributed by atoms with Gasteiger partial charge in [0.05, 0.1) is 12.8 Å². The van der Waals surface area contributed by atoms with E-state index in [9.17, 15) is 0 Å². The quantitative estimate of drug-likeness (QED) is 0.701. The van der Waals surface area contributed by atoms with E-state index in [1.54, 1.807) is 13.2 Å². The van der Waals surface area contributed by atoms with Gasteiger partial charge in [0.25, 0.3) is 0 Å². The van der Waals surface area contributed by atoms with Crippen molar-refractivity contribution in [3.63, 3.8) is 0 Å². The van der Waals surface area contributed by atoms with E-state index in [1.807, 2.05) is 12.1 Å². The molecule has 0 aliphatic heterocycles. The van der Waals surface area contributed by atoms with Crippen LogP contribution < -0.4 is 16.2 Å². The lowest BCUT2D eigenvalue weighted by Crippen LogP contribution is -2.03. The zero-order chi connectivity index (χ0) is 13.1. The number of fused-ring (bicyclic) bond motifs is 1. The number of nitrogens with one attached hydrogen (secondary N) is 1. The molecule has 1 heterocycles. The van der Waals surface area contributed by atoms with E-state index < -0.39 is 0 Å². The Bertz CT molecular complexity index is 636. The second-order valence-corrected chi connectivity index (χ2v) is 3.55. The van der Waals surface area contributed by atoms with Crippen LogP contribution in [0, 0.1) is 5.41 Å². The highest BCUT2D eigenvalue weighted by atomic mass is 16.5. The standard InChI is InChI=1S/C12H13N5O/c1-18-9-4-2-3-8-10(7(5-13)6-14)16-12(15)17-11(8)9/h2-6,13H,14H2,1H3,(H2,15,16,17)/b7-6+,13-5?. The first kappa shape index (κ1) is 11.8. The predicted molar refractivity (Wildman–Crippen MR) is 71.5 cm³/mol. The molecule has 0 aliphatic rings. The highest BCUT2D eigenvalue weighted by Gasteiger charge is 2.12. The lowest BCUT2D eigenvalue weighted by molar-refractivity contribution is 0.419. The molecule has 0 fully saturated rings. The summed E-state index contributed by atoms with van der Waals surface area (Å²) in [6.07, 6.45) is 2.44. The topological polar surface area (TPSA) is 111 Å². The van der Waals surface area contributed by atoms with Gasteiger partial charge in [-0.15, -0.1) is 0 Å². The van der Waals surface area contributed by atoms with Gasteiger partial charge in [-0.25, -0.2) is 9.97 Å². The maximum Gasteiger partial charge on any atom is 0.221 e. The van der Waals surface area contributed by atoms with Gasteiger partial charge in [-0.1, -0.05) is 12.1 Å². The van der Waals surface area contributed by atoms with Gasteiger partial charge in [-0.3, -0.25) is 0 Å². The molecule has 0 bridgehead atoms. The Hall–Kier alpha value is -2.63. The van der Waals surface area contributed by atoms with Crippen LogP contribution in [0.25, 0.3) is 16.5 Å². The summed E-state index contributed by atoms with van der Waals surface area (Å²) in [5.74, 6) is 0.715. The zero-order valence-corrected chi connectivity index (χ0v) is 9.84. The van der Waals surface area contributed by atoms with E-state index in [-0.39, 0.29) is 5.95 Å². The molecule has 18 heavy (non-hydrogen) atoms. The average molecular weight is 243 g/mol. The van der Waals surface area contributed by atoms with Crippen molar-refractivity contribution in [1.29, 1.82) is 5.41 Å². The number of ether oxygens (including phenoxy) is 1. The summed E-state index contributed by atoms with van der Waals surface area (Å²) in [5, 5.41) is 8.08. The van der Waals surface area contributed by atoms with Gasteiger partial charge >= 0.3 is 0 Å². The molecule has 1 aromatic heterocycles. The van der Waals surface area contributed by atoms with Gasteiger partial charge in [0, 0.05) is 23.4 Å². The Balaban J connectivity index is 2.86. The first-order valence-corrected chi connectivity index (χ1v) is 5.24. The fraction of sp³-hybridized carbons (Fsp3) is 0.0833. The van der Waals surface area contributed by atoms with Crippen LogP contribution in [0.2, 0.25) is 0 Å². The average Bonchev–Trinajstić information content (AvgIpc) is 2.39. The smallest absolute Gasteiger partial charge is 0.221 e. The summed E-state index contributed by atoms with van der Waals surface area (Å²) in [7, 11) is 1.56. The van der Waals surface area contributed by atoms with E-state index in [0.29, 0.717) is 22.5 Å². The molecule has 6 heteroatoms. The number of nitrogens with zero attached hydrogens (tertiary/aromatic N) is 2. The van der Waals surface area contributed by atoms with Crippen LogP contribution >= 0.6 is 0 Å². The van der Waals surface area contributed by atoms with Gasteiger partial charge in [-0.2, -0.15) is 0 Å². The monoisotopic (exact) mass is 243 g/mol. The van der Waals surface area contributed by atoms with Crippen LogP contribution in [0.4, 0.5) is 5.95 Å². The minimum absolute atomic E-state index is 0.114. The number of nitrogens with two attached hydrogens (primary N) is 2. The second-order valence-electron chi connectivity index (χ2n) is 3.55. The van der Waals surface area contributed by atoms with Crippen LogP contribution in [0.5, 0.6) is 5.75 Å². The minimum atomic E-state index is 0.114. The van der Waals surface area contributed by atoms with Crippen LogP contribution in [0.1, 0.15) is 5.69 Å². The Morgan fingerprint density at radius 1 is 1.39 bits per heavy atom. The Morgan fingerprint density at radius 3 is 2.78 bits per heavy atom. The normalized spacial score (nSPS) is 11.5. The maximum atomic E-state index is 7.34. The fourth-order valence-electron chi connectivity index (χ4n) is 1.72. The number of hydrogen-bond donors (Lipinski definition) is 3. The van der Waals surface area contributed by atoms with Gasteiger partial charge in [0.1, 0.15) is 11.3 Å². The van der Waals surface area contributed by atoms with Gasteiger partial charge in [0.15, 0.2) is 0 Å². The molecule has 92 valence electrons. The van der Waals surface area contributed by atoms with E-state index in [0.717, 1.165) is 11.6 Å². The summed E-state index contributed by atoms with van der Waals surface area (Å²) >= 11 is 0. The first-order valence-electron chi connectivity index (χ1n) is 5.24. The number of anilines is 1. The molecule has 5 N–H and O–H groups in total. The van der Waals surface area contributed by atoms with Crippen molar-refractivity contribution < 1.29 is 4.74 Å². The van der Waals surface area contributed by atoms with Crippen molar-refractivity contribution >= 4 is 28.6 Å². The largest absolute Gasteiger partial charge is 0.494 e. The van der Waals surface area contributed by atoms with E-state index in [1.165, 1.54) is 6.20 Å². The summed E-state index contributed by atoms with van der Waals surface area (Å²) in [6, 6.07) is 5.44. The van der Waals surface area contributed by atoms with Gasteiger partial charge < -0.3 is 21.6 Å². The molecule has 1 aromatic carbocycles. The molecular weight excluding hydrogens is 230 g/mol. The Kier molecular flexibility index (Phi) is 3.09. The summed E-state index contributed by atoms with van der Waals surface area (Å²) < 4.78 is 5.23. The fourth-order valence-corrected chi connectivity index (χ4v) is 1.72. The Morgan fingerprint density at radius 2 is 2.17 bits per heavy atom. The lowest BCUT2D eigenvalue weighted by atomic mass is 10.1. The molecule has 0 amide bonds. The molecule has 2 aromatic rings. The molecule has 0 aliphatic carbocycles. The third-order valence-corrected chi connectivity index (χ3v) is 2.54. The minimum Gasteiger partial charge on any atom is -0.494 e. The number of para-hydroxylation sites is 1. The van der Waals surface area contributed by atoms with Crippen LogP contribution in [0.15, 0.2) is 24.4 Å². The van der Waals surface area contributed by atoms with E-state index >= 15 is 0 Å². The number of allylic oxidation sites excluding steroid dienone is 1. The molecule has 0 spiro atoms. The number of aromatic nitrogens is 2. The number of hydrogen-bond acceptors (Lipinski definition) is 6. The third kappa shape index (κ3) is 1.84. The number of rotatable bonds is 3. The van der Waals surface area contributed by atoms with Crippen molar-refractivity contribution in [3.8, 4) is 5.75 Å². The van der Waals surface area contributed by atoms with Gasteiger partial charge in [-0.05, 0) is 6.07 Å². The molecule has 0 atom stereocenters. The lowest BCUT2D eigenvalue weighted by Gasteiger charge is -2.09. The molecule has 0 saturated carbocycles. The zero-order valence-electron chi connectivity index (χ0n) is 9.84. The second kappa shape index (κ2) is 4.70. The number of methoxy groups -OCH3 is 1. The van der Waals surface area contributed by atoms with Crippen molar-refractivity contribution in [2.75, 3.05) is 12.8 Å². The number of benzene rings is 1. The van der Waals surface area contributed by atoms with E-state index in [2.05, 4.69) is 9.97 Å². The SMILES string of the molecule is COc1cccc2c(/C(C=N)=C/N)nc(N)nc12. The summed E-state index contributed by atoms with van der Waals surface area (Å²) in [4.78, 5) is 8.29. The highest BCUT2D eigenvalue weighted by Crippen LogP contribution is 2.28. The van der Waals surface area contributed by atoms with Crippen LogP contribution in [-0.2, 0) is 0 Å². The molecule has 6 nitrogen and oxygen atoms in total. The third-order valence-electron chi connectivity index (χ3n) is 2.54. The summed E-state index contributed by atoms with van der Waals surface area (Å²) in [6.45, 7) is 0. The van der Waals surface area contributed by atoms with Crippen molar-refractivity contribution in [2.24, 2.45) is 5.73 Å².